The van der Waals surface area contributed by atoms with Gasteiger partial charge >= 0.3 is 5.97 Å². The van der Waals surface area contributed by atoms with Gasteiger partial charge in [-0.15, -0.1) is 0 Å². The van der Waals surface area contributed by atoms with Crippen LogP contribution in [0.2, 0.25) is 0 Å². The topological polar surface area (TPSA) is 35.5 Å². The van der Waals surface area contributed by atoms with E-state index >= 15 is 0 Å². The zero-order valence-electron chi connectivity index (χ0n) is 8.95. The maximum atomic E-state index is 11.2. The molecule has 80 valence electrons. The van der Waals surface area contributed by atoms with Gasteiger partial charge in [0.05, 0.1) is 7.11 Å². The maximum absolute atomic E-state index is 11.2. The molecule has 0 amide bonds. The lowest BCUT2D eigenvalue weighted by Gasteiger charge is -2.24. The molecule has 0 saturated carbocycles. The van der Waals surface area contributed by atoms with Crippen LogP contribution in [-0.2, 0) is 15.1 Å². The van der Waals surface area contributed by atoms with Crippen molar-refractivity contribution >= 4 is 5.97 Å². The Morgan fingerprint density at radius 1 is 1.40 bits per heavy atom. The minimum absolute atomic E-state index is 0.136. The van der Waals surface area contributed by atoms with Crippen LogP contribution in [0.1, 0.15) is 25.3 Å². The van der Waals surface area contributed by atoms with Gasteiger partial charge in [-0.3, -0.25) is 4.79 Å². The van der Waals surface area contributed by atoms with Crippen molar-refractivity contribution in [2.24, 2.45) is 0 Å². The van der Waals surface area contributed by atoms with E-state index < -0.39 is 5.60 Å². The Morgan fingerprint density at radius 2 is 2.13 bits per heavy atom. The molecule has 3 heteroatoms. The van der Waals surface area contributed by atoms with Crippen LogP contribution in [0.25, 0.3) is 0 Å². The van der Waals surface area contributed by atoms with Crippen LogP contribution in [0.5, 0.6) is 5.75 Å². The van der Waals surface area contributed by atoms with E-state index in [0.29, 0.717) is 12.8 Å². The van der Waals surface area contributed by atoms with Crippen LogP contribution in [0, 0.1) is 0 Å². The first-order valence-electron chi connectivity index (χ1n) is 5.01. The number of benzene rings is 1. The second-order valence-electron chi connectivity index (χ2n) is 3.91. The van der Waals surface area contributed by atoms with E-state index in [2.05, 4.69) is 0 Å². The van der Waals surface area contributed by atoms with Gasteiger partial charge in [-0.2, -0.15) is 0 Å². The highest BCUT2D eigenvalue weighted by atomic mass is 16.6. The fraction of sp³-hybridized carbons (Fsp3) is 0.417. The van der Waals surface area contributed by atoms with Crippen molar-refractivity contribution in [3.63, 3.8) is 0 Å². The lowest BCUT2D eigenvalue weighted by atomic mass is 9.92. The second-order valence-corrected chi connectivity index (χ2v) is 3.91. The summed E-state index contributed by atoms with van der Waals surface area (Å²) in [5.41, 5.74) is 0.419. The largest absolute Gasteiger partial charge is 0.496 e. The Kier molecular flexibility index (Phi) is 2.39. The normalized spacial score (nSPS) is 25.1. The molecule has 0 aliphatic carbocycles. The van der Waals surface area contributed by atoms with Gasteiger partial charge in [0.15, 0.2) is 0 Å². The Balaban J connectivity index is 2.40. The van der Waals surface area contributed by atoms with Crippen LogP contribution in [0.15, 0.2) is 24.3 Å². The van der Waals surface area contributed by atoms with E-state index in [0.717, 1.165) is 11.3 Å². The first-order chi connectivity index (χ1) is 7.15. The second kappa shape index (κ2) is 3.57. The van der Waals surface area contributed by atoms with Gasteiger partial charge < -0.3 is 9.47 Å². The maximum Gasteiger partial charge on any atom is 0.306 e. The highest BCUT2D eigenvalue weighted by Gasteiger charge is 2.39. The standard InChI is InChI=1S/C12H14O3/c1-12(8-7-11(13)15-12)9-5-3-4-6-10(9)14-2/h3-6H,7-8H2,1-2H3/t12-/m0/s1. The number of rotatable bonds is 2. The Hall–Kier alpha value is -1.51. The number of methoxy groups -OCH3 is 1. The van der Waals surface area contributed by atoms with Crippen molar-refractivity contribution in [2.45, 2.75) is 25.4 Å². The van der Waals surface area contributed by atoms with E-state index in [1.54, 1.807) is 7.11 Å². The Bertz CT molecular complexity index is 386. The van der Waals surface area contributed by atoms with Gasteiger partial charge in [-0.05, 0) is 13.0 Å². The number of esters is 1. The molecular weight excluding hydrogens is 192 g/mol. The minimum atomic E-state index is -0.524. The van der Waals surface area contributed by atoms with E-state index in [1.165, 1.54) is 0 Å². The van der Waals surface area contributed by atoms with Crippen LogP contribution in [-0.4, -0.2) is 13.1 Å². The summed E-state index contributed by atoms with van der Waals surface area (Å²) in [7, 11) is 1.62. The average Bonchev–Trinajstić information content (AvgIpc) is 2.60. The zero-order chi connectivity index (χ0) is 10.9. The van der Waals surface area contributed by atoms with Gasteiger partial charge in [-0.25, -0.2) is 0 Å². The predicted octanol–water partition coefficient (Wildman–Crippen LogP) is 2.25. The van der Waals surface area contributed by atoms with E-state index in [4.69, 9.17) is 9.47 Å². The molecule has 1 fully saturated rings. The summed E-state index contributed by atoms with van der Waals surface area (Å²) in [4.78, 5) is 11.2. The molecular formula is C12H14O3. The molecule has 0 radical (unpaired) electrons. The predicted molar refractivity (Wildman–Crippen MR) is 55.7 cm³/mol. The molecule has 1 heterocycles. The molecule has 1 aromatic carbocycles. The number of hydrogen-bond donors (Lipinski definition) is 0. The summed E-state index contributed by atoms with van der Waals surface area (Å²) in [5.74, 6) is 0.637. The molecule has 0 spiro atoms. The fourth-order valence-electron chi connectivity index (χ4n) is 1.97. The number of cyclic esters (lactones) is 1. The summed E-state index contributed by atoms with van der Waals surface area (Å²) >= 11 is 0. The van der Waals surface area contributed by atoms with Crippen LogP contribution in [0.3, 0.4) is 0 Å². The van der Waals surface area contributed by atoms with Crippen molar-refractivity contribution in [1.29, 1.82) is 0 Å². The average molecular weight is 206 g/mol. The quantitative estimate of drug-likeness (QED) is 0.696. The summed E-state index contributed by atoms with van der Waals surface area (Å²) in [5, 5.41) is 0. The zero-order valence-corrected chi connectivity index (χ0v) is 8.95. The summed E-state index contributed by atoms with van der Waals surface area (Å²) in [6.45, 7) is 1.93. The van der Waals surface area contributed by atoms with Crippen molar-refractivity contribution in [2.75, 3.05) is 7.11 Å². The highest BCUT2D eigenvalue weighted by Crippen LogP contribution is 2.40. The number of hydrogen-bond acceptors (Lipinski definition) is 3. The lowest BCUT2D eigenvalue weighted by Crippen LogP contribution is -2.21. The Morgan fingerprint density at radius 3 is 2.73 bits per heavy atom. The van der Waals surface area contributed by atoms with Gasteiger partial charge in [0.2, 0.25) is 0 Å². The molecule has 0 aromatic heterocycles. The molecule has 1 atom stereocenters. The van der Waals surface area contributed by atoms with Gasteiger partial charge in [0.25, 0.3) is 0 Å². The smallest absolute Gasteiger partial charge is 0.306 e. The SMILES string of the molecule is COc1ccccc1[C@]1(C)CCC(=O)O1. The number of carbonyl (C=O) groups is 1. The molecule has 1 aliphatic heterocycles. The first-order valence-corrected chi connectivity index (χ1v) is 5.01. The lowest BCUT2D eigenvalue weighted by molar-refractivity contribution is -0.147. The number of carbonyl (C=O) groups excluding carboxylic acids is 1. The molecule has 15 heavy (non-hydrogen) atoms. The number of para-hydroxylation sites is 1. The molecule has 0 unspecified atom stereocenters. The van der Waals surface area contributed by atoms with Gasteiger partial charge in [-0.1, -0.05) is 18.2 Å². The van der Waals surface area contributed by atoms with E-state index in [-0.39, 0.29) is 5.97 Å². The Labute approximate surface area is 89.0 Å². The summed E-state index contributed by atoms with van der Waals surface area (Å²) < 4.78 is 10.6. The van der Waals surface area contributed by atoms with Crippen molar-refractivity contribution in [3.8, 4) is 5.75 Å². The molecule has 2 rings (SSSR count). The minimum Gasteiger partial charge on any atom is -0.496 e. The summed E-state index contributed by atoms with van der Waals surface area (Å²) in [6.07, 6.45) is 1.20. The van der Waals surface area contributed by atoms with E-state index in [1.807, 2.05) is 31.2 Å². The molecule has 1 saturated heterocycles. The van der Waals surface area contributed by atoms with Crippen molar-refractivity contribution < 1.29 is 14.3 Å². The third-order valence-corrected chi connectivity index (χ3v) is 2.82. The van der Waals surface area contributed by atoms with Crippen LogP contribution >= 0.6 is 0 Å². The third kappa shape index (κ3) is 1.69. The molecule has 0 N–H and O–H groups in total. The van der Waals surface area contributed by atoms with Crippen LogP contribution < -0.4 is 4.74 Å². The van der Waals surface area contributed by atoms with E-state index in [9.17, 15) is 4.79 Å². The molecule has 1 aromatic rings. The fourth-order valence-corrected chi connectivity index (χ4v) is 1.97. The summed E-state index contributed by atoms with van der Waals surface area (Å²) in [6, 6.07) is 7.65. The molecule has 1 aliphatic rings. The van der Waals surface area contributed by atoms with Crippen molar-refractivity contribution in [1.82, 2.24) is 0 Å². The van der Waals surface area contributed by atoms with Crippen molar-refractivity contribution in [3.05, 3.63) is 29.8 Å². The highest BCUT2D eigenvalue weighted by molar-refractivity contribution is 5.72. The monoisotopic (exact) mass is 206 g/mol. The van der Waals surface area contributed by atoms with Gasteiger partial charge in [0.1, 0.15) is 11.4 Å². The number of ether oxygens (including phenoxy) is 2. The third-order valence-electron chi connectivity index (χ3n) is 2.82. The molecule has 3 nitrogen and oxygen atoms in total. The van der Waals surface area contributed by atoms with Gasteiger partial charge in [0, 0.05) is 18.4 Å². The molecule has 0 bridgehead atoms. The first kappa shape index (κ1) is 10.0. The van der Waals surface area contributed by atoms with Crippen LogP contribution in [0.4, 0.5) is 0 Å².